The van der Waals surface area contributed by atoms with E-state index in [0.29, 0.717) is 6.10 Å². The molecule has 2 heterocycles. The molecule has 5 nitrogen and oxygen atoms in total. The third-order valence-electron chi connectivity index (χ3n) is 5.66. The second-order valence-corrected chi connectivity index (χ2v) is 7.78. The molecule has 1 aliphatic heterocycles. The molecule has 1 aliphatic carbocycles. The van der Waals surface area contributed by atoms with Gasteiger partial charge < -0.3 is 9.64 Å². The first-order chi connectivity index (χ1) is 13.3. The summed E-state index contributed by atoms with van der Waals surface area (Å²) >= 11 is 0. The lowest BCUT2D eigenvalue weighted by atomic mass is 10.1. The van der Waals surface area contributed by atoms with Crippen LogP contribution in [-0.2, 0) is 6.54 Å². The molecule has 5 heteroatoms. The number of anilines is 1. The Morgan fingerprint density at radius 2 is 1.78 bits per heavy atom. The number of benzene rings is 1. The van der Waals surface area contributed by atoms with E-state index in [1.807, 2.05) is 13.0 Å². The first kappa shape index (κ1) is 18.2. The van der Waals surface area contributed by atoms with E-state index in [1.165, 1.54) is 31.2 Å². The summed E-state index contributed by atoms with van der Waals surface area (Å²) in [6.45, 7) is 7.10. The zero-order valence-corrected chi connectivity index (χ0v) is 16.3. The maximum atomic E-state index is 6.33. The minimum absolute atomic E-state index is 0.408. The number of rotatable bonds is 5. The van der Waals surface area contributed by atoms with Crippen LogP contribution in [0.1, 0.15) is 43.4 Å². The fourth-order valence-corrected chi connectivity index (χ4v) is 4.09. The average Bonchev–Trinajstić information content (AvgIpc) is 3.09. The summed E-state index contributed by atoms with van der Waals surface area (Å²) in [5.74, 6) is 2.07. The molecule has 2 fully saturated rings. The summed E-state index contributed by atoms with van der Waals surface area (Å²) in [5.41, 5.74) is 2.28. The number of hydrogen-bond donors (Lipinski definition) is 0. The topological polar surface area (TPSA) is 41.5 Å². The van der Waals surface area contributed by atoms with Crippen LogP contribution in [0.3, 0.4) is 0 Å². The van der Waals surface area contributed by atoms with Gasteiger partial charge in [0.1, 0.15) is 5.75 Å². The van der Waals surface area contributed by atoms with E-state index in [4.69, 9.17) is 4.74 Å². The van der Waals surface area contributed by atoms with E-state index >= 15 is 0 Å². The molecule has 2 aliphatic rings. The van der Waals surface area contributed by atoms with Gasteiger partial charge in [0.2, 0.25) is 0 Å². The zero-order chi connectivity index (χ0) is 18.5. The van der Waals surface area contributed by atoms with Gasteiger partial charge in [0.15, 0.2) is 5.82 Å². The summed E-state index contributed by atoms with van der Waals surface area (Å²) in [7, 11) is 0. The molecule has 0 unspecified atom stereocenters. The second kappa shape index (κ2) is 8.70. The van der Waals surface area contributed by atoms with Gasteiger partial charge in [-0.15, -0.1) is 5.10 Å². The molecule has 0 radical (unpaired) electrons. The predicted molar refractivity (Wildman–Crippen MR) is 108 cm³/mol. The van der Waals surface area contributed by atoms with Crippen LogP contribution in [0.4, 0.5) is 5.82 Å². The summed E-state index contributed by atoms with van der Waals surface area (Å²) < 4.78 is 6.33. The van der Waals surface area contributed by atoms with Crippen LogP contribution in [0.15, 0.2) is 36.4 Å². The van der Waals surface area contributed by atoms with Crippen LogP contribution in [0.5, 0.6) is 5.75 Å². The van der Waals surface area contributed by atoms with Gasteiger partial charge in [-0.2, -0.15) is 5.10 Å². The van der Waals surface area contributed by atoms with Gasteiger partial charge in [0.25, 0.3) is 0 Å². The Hall–Kier alpha value is -2.14. The molecule has 0 spiro atoms. The van der Waals surface area contributed by atoms with Gasteiger partial charge >= 0.3 is 0 Å². The van der Waals surface area contributed by atoms with Crippen LogP contribution in [0, 0.1) is 6.92 Å². The summed E-state index contributed by atoms with van der Waals surface area (Å²) in [4.78, 5) is 4.89. The molecule has 1 aromatic carbocycles. The van der Waals surface area contributed by atoms with Crippen molar-refractivity contribution in [2.24, 2.45) is 0 Å². The highest BCUT2D eigenvalue weighted by Crippen LogP contribution is 2.27. The molecule has 1 saturated heterocycles. The van der Waals surface area contributed by atoms with E-state index < -0.39 is 0 Å². The van der Waals surface area contributed by atoms with Crippen molar-refractivity contribution in [3.8, 4) is 5.75 Å². The lowest BCUT2D eigenvalue weighted by molar-refractivity contribution is 0.202. The quantitative estimate of drug-likeness (QED) is 0.805. The molecular formula is C22H30N4O. The highest BCUT2D eigenvalue weighted by Gasteiger charge is 2.20. The van der Waals surface area contributed by atoms with Crippen molar-refractivity contribution < 1.29 is 4.74 Å². The van der Waals surface area contributed by atoms with Crippen molar-refractivity contribution >= 4 is 5.82 Å². The fraction of sp³-hybridized carbons (Fsp3) is 0.545. The Morgan fingerprint density at radius 3 is 2.59 bits per heavy atom. The van der Waals surface area contributed by atoms with Gasteiger partial charge in [0.05, 0.1) is 11.8 Å². The molecule has 0 N–H and O–H groups in total. The summed E-state index contributed by atoms with van der Waals surface area (Å²) in [6, 6.07) is 12.7. The third-order valence-corrected chi connectivity index (χ3v) is 5.66. The van der Waals surface area contributed by atoms with Gasteiger partial charge in [-0.05, 0) is 57.2 Å². The van der Waals surface area contributed by atoms with Gasteiger partial charge in [0, 0.05) is 38.3 Å². The summed E-state index contributed by atoms with van der Waals surface area (Å²) in [5, 5.41) is 8.57. The van der Waals surface area contributed by atoms with E-state index in [2.05, 4.69) is 50.3 Å². The lowest BCUT2D eigenvalue weighted by Crippen LogP contribution is -2.31. The van der Waals surface area contributed by atoms with Gasteiger partial charge in [-0.3, -0.25) is 4.90 Å². The second-order valence-electron chi connectivity index (χ2n) is 7.78. The minimum Gasteiger partial charge on any atom is -0.490 e. The molecular weight excluding hydrogens is 336 g/mol. The number of nitrogens with zero attached hydrogens (tertiary/aromatic N) is 4. The number of para-hydroxylation sites is 1. The Morgan fingerprint density at radius 1 is 0.926 bits per heavy atom. The molecule has 0 atom stereocenters. The lowest BCUT2D eigenvalue weighted by Gasteiger charge is -2.24. The van der Waals surface area contributed by atoms with E-state index in [-0.39, 0.29) is 0 Å². The van der Waals surface area contributed by atoms with Crippen molar-refractivity contribution in [3.63, 3.8) is 0 Å². The standard InChI is InChI=1S/C22H30N4O/c1-18-11-12-22(24-23-18)26-14-6-13-25(15-16-26)17-19-7-2-5-10-21(19)27-20-8-3-4-9-20/h2,5,7,10-12,20H,3-4,6,8-9,13-17H2,1H3. The normalized spacial score (nSPS) is 19.2. The van der Waals surface area contributed by atoms with Crippen molar-refractivity contribution in [2.45, 2.75) is 51.7 Å². The smallest absolute Gasteiger partial charge is 0.151 e. The van der Waals surface area contributed by atoms with Crippen LogP contribution < -0.4 is 9.64 Å². The van der Waals surface area contributed by atoms with Crippen molar-refractivity contribution in [1.82, 2.24) is 15.1 Å². The van der Waals surface area contributed by atoms with Gasteiger partial charge in [-0.1, -0.05) is 18.2 Å². The molecule has 0 amide bonds. The van der Waals surface area contributed by atoms with Gasteiger partial charge in [-0.25, -0.2) is 0 Å². The first-order valence-electron chi connectivity index (χ1n) is 10.3. The van der Waals surface area contributed by atoms with Crippen molar-refractivity contribution in [1.29, 1.82) is 0 Å². The SMILES string of the molecule is Cc1ccc(N2CCCN(Cc3ccccc3OC3CCCC3)CC2)nn1. The predicted octanol–water partition coefficient (Wildman–Crippen LogP) is 3.82. The molecule has 0 bridgehead atoms. The van der Waals surface area contributed by atoms with E-state index in [9.17, 15) is 0 Å². The fourth-order valence-electron chi connectivity index (χ4n) is 4.09. The highest BCUT2D eigenvalue weighted by molar-refractivity contribution is 5.37. The van der Waals surface area contributed by atoms with Crippen LogP contribution in [0.2, 0.25) is 0 Å². The number of aromatic nitrogens is 2. The molecule has 2 aromatic rings. The molecule has 1 saturated carbocycles. The van der Waals surface area contributed by atoms with Crippen LogP contribution >= 0.6 is 0 Å². The van der Waals surface area contributed by atoms with Crippen LogP contribution in [0.25, 0.3) is 0 Å². The number of aryl methyl sites for hydroxylation is 1. The molecule has 144 valence electrons. The highest BCUT2D eigenvalue weighted by atomic mass is 16.5. The van der Waals surface area contributed by atoms with Crippen LogP contribution in [-0.4, -0.2) is 47.4 Å². The maximum Gasteiger partial charge on any atom is 0.151 e. The molecule has 27 heavy (non-hydrogen) atoms. The zero-order valence-electron chi connectivity index (χ0n) is 16.3. The molecule has 1 aromatic heterocycles. The largest absolute Gasteiger partial charge is 0.490 e. The molecule has 4 rings (SSSR count). The minimum atomic E-state index is 0.408. The Balaban J connectivity index is 1.38. The monoisotopic (exact) mass is 366 g/mol. The Kier molecular flexibility index (Phi) is 5.87. The van der Waals surface area contributed by atoms with Crippen molar-refractivity contribution in [3.05, 3.63) is 47.7 Å². The Bertz CT molecular complexity index is 727. The number of hydrogen-bond acceptors (Lipinski definition) is 5. The van der Waals surface area contributed by atoms with Crippen molar-refractivity contribution in [2.75, 3.05) is 31.1 Å². The van der Waals surface area contributed by atoms with E-state index in [0.717, 1.165) is 56.4 Å². The first-order valence-corrected chi connectivity index (χ1v) is 10.3. The maximum absolute atomic E-state index is 6.33. The third kappa shape index (κ3) is 4.78. The summed E-state index contributed by atoms with van der Waals surface area (Å²) in [6.07, 6.45) is 6.55. The Labute approximate surface area is 162 Å². The number of ether oxygens (including phenoxy) is 1. The average molecular weight is 367 g/mol. The van der Waals surface area contributed by atoms with E-state index in [1.54, 1.807) is 0 Å².